The van der Waals surface area contributed by atoms with Gasteiger partial charge in [0.1, 0.15) is 0 Å². The van der Waals surface area contributed by atoms with Gasteiger partial charge in [0.25, 0.3) is 0 Å². The highest BCUT2D eigenvalue weighted by atomic mass is 16.5. The zero-order valence-electron chi connectivity index (χ0n) is 13.5. The highest BCUT2D eigenvalue weighted by molar-refractivity contribution is 5.36. The van der Waals surface area contributed by atoms with Crippen LogP contribution in [0.25, 0.3) is 0 Å². The molecule has 0 saturated heterocycles. The monoisotopic (exact) mass is 253 g/mol. The van der Waals surface area contributed by atoms with Crippen molar-refractivity contribution >= 4 is 0 Å². The summed E-state index contributed by atoms with van der Waals surface area (Å²) < 4.78 is 6.29. The van der Waals surface area contributed by atoms with Crippen LogP contribution in [0.4, 0.5) is 0 Å². The maximum Gasteiger partial charge on any atom is 0.0945 e. The molecule has 0 bridgehead atoms. The van der Waals surface area contributed by atoms with Crippen molar-refractivity contribution in [2.45, 2.75) is 73.5 Å². The number of hydrogen-bond acceptors (Lipinski definition) is 2. The fourth-order valence-corrected chi connectivity index (χ4v) is 3.82. The summed E-state index contributed by atoms with van der Waals surface area (Å²) in [5, 5.41) is 0. The van der Waals surface area contributed by atoms with Crippen LogP contribution in [-0.4, -0.2) is 18.2 Å². The molecular weight excluding hydrogens is 222 g/mol. The number of rotatable bonds is 3. The quantitative estimate of drug-likeness (QED) is 0.774. The number of ether oxygens (including phenoxy) is 1. The molecule has 2 unspecified atom stereocenters. The average molecular weight is 253 g/mol. The third-order valence-corrected chi connectivity index (χ3v) is 5.95. The van der Waals surface area contributed by atoms with Crippen LogP contribution in [-0.2, 0) is 4.74 Å². The van der Waals surface area contributed by atoms with Gasteiger partial charge in [0.15, 0.2) is 0 Å². The standard InChI is InChI=1S/C16H31NO/c1-9-16(18-10-2)12(4)11(3)13(17)14(5,6)15(16,7)8/h13H,9-10,17H2,1-8H3. The van der Waals surface area contributed by atoms with Crippen LogP contribution in [0, 0.1) is 10.8 Å². The van der Waals surface area contributed by atoms with Gasteiger partial charge in [0.05, 0.1) is 5.60 Å². The van der Waals surface area contributed by atoms with Crippen molar-refractivity contribution < 1.29 is 4.74 Å². The van der Waals surface area contributed by atoms with E-state index < -0.39 is 0 Å². The Balaban J connectivity index is 3.56. The molecule has 0 amide bonds. The van der Waals surface area contributed by atoms with E-state index in [1.54, 1.807) is 0 Å². The molecule has 106 valence electrons. The Morgan fingerprint density at radius 3 is 2.00 bits per heavy atom. The van der Waals surface area contributed by atoms with E-state index in [1.165, 1.54) is 11.1 Å². The van der Waals surface area contributed by atoms with Gasteiger partial charge in [-0.2, -0.15) is 0 Å². The topological polar surface area (TPSA) is 35.2 Å². The van der Waals surface area contributed by atoms with Crippen molar-refractivity contribution in [2.75, 3.05) is 6.61 Å². The minimum Gasteiger partial charge on any atom is -0.370 e. The second-order valence-electron chi connectivity index (χ2n) is 6.75. The SMILES string of the molecule is CCOC1(CC)C(C)=C(C)C(N)C(C)(C)C1(C)C. The van der Waals surface area contributed by atoms with E-state index in [-0.39, 0.29) is 22.5 Å². The fourth-order valence-electron chi connectivity index (χ4n) is 3.82. The van der Waals surface area contributed by atoms with Crippen LogP contribution in [0.15, 0.2) is 11.1 Å². The lowest BCUT2D eigenvalue weighted by Crippen LogP contribution is -2.64. The van der Waals surface area contributed by atoms with Crippen LogP contribution >= 0.6 is 0 Å². The molecule has 0 radical (unpaired) electrons. The minimum absolute atomic E-state index is 0.00771. The van der Waals surface area contributed by atoms with Crippen LogP contribution in [0.1, 0.15) is 61.8 Å². The van der Waals surface area contributed by atoms with Crippen molar-refractivity contribution in [3.63, 3.8) is 0 Å². The van der Waals surface area contributed by atoms with Crippen LogP contribution in [0.2, 0.25) is 0 Å². The lowest BCUT2D eigenvalue weighted by molar-refractivity contribution is -0.154. The summed E-state index contributed by atoms with van der Waals surface area (Å²) >= 11 is 0. The molecule has 0 aromatic carbocycles. The Morgan fingerprint density at radius 2 is 1.61 bits per heavy atom. The highest BCUT2D eigenvalue weighted by Crippen LogP contribution is 2.59. The molecule has 0 aromatic heterocycles. The fraction of sp³-hybridized carbons (Fsp3) is 0.875. The first-order chi connectivity index (χ1) is 8.10. The van der Waals surface area contributed by atoms with Gasteiger partial charge in [-0.1, -0.05) is 40.2 Å². The summed E-state index contributed by atoms with van der Waals surface area (Å²) in [6.07, 6.45) is 0.993. The molecule has 2 nitrogen and oxygen atoms in total. The number of hydrogen-bond donors (Lipinski definition) is 1. The van der Waals surface area contributed by atoms with E-state index in [4.69, 9.17) is 10.5 Å². The smallest absolute Gasteiger partial charge is 0.0945 e. The van der Waals surface area contributed by atoms with Gasteiger partial charge in [-0.3, -0.25) is 0 Å². The third-order valence-electron chi connectivity index (χ3n) is 5.95. The van der Waals surface area contributed by atoms with E-state index >= 15 is 0 Å². The molecule has 2 N–H and O–H groups in total. The highest BCUT2D eigenvalue weighted by Gasteiger charge is 2.59. The largest absolute Gasteiger partial charge is 0.370 e. The van der Waals surface area contributed by atoms with Crippen molar-refractivity contribution in [1.82, 2.24) is 0 Å². The van der Waals surface area contributed by atoms with Gasteiger partial charge in [-0.15, -0.1) is 0 Å². The van der Waals surface area contributed by atoms with Gasteiger partial charge in [0.2, 0.25) is 0 Å². The zero-order chi connectivity index (χ0) is 14.4. The molecule has 1 aliphatic rings. The molecule has 0 saturated carbocycles. The van der Waals surface area contributed by atoms with Crippen molar-refractivity contribution in [3.8, 4) is 0 Å². The van der Waals surface area contributed by atoms with Gasteiger partial charge in [0, 0.05) is 18.1 Å². The molecule has 18 heavy (non-hydrogen) atoms. The molecule has 1 rings (SSSR count). The Bertz CT molecular complexity index is 354. The van der Waals surface area contributed by atoms with Crippen molar-refractivity contribution in [1.29, 1.82) is 0 Å². The first-order valence-corrected chi connectivity index (χ1v) is 7.17. The normalized spacial score (nSPS) is 34.8. The van der Waals surface area contributed by atoms with E-state index in [0.29, 0.717) is 0 Å². The molecule has 1 aliphatic carbocycles. The summed E-state index contributed by atoms with van der Waals surface area (Å²) in [6.45, 7) is 18.6. The molecule has 0 spiro atoms. The second kappa shape index (κ2) is 4.64. The molecule has 0 aromatic rings. The Kier molecular flexibility index (Phi) is 4.06. The Labute approximate surface area is 113 Å². The van der Waals surface area contributed by atoms with Crippen molar-refractivity contribution in [2.24, 2.45) is 16.6 Å². The van der Waals surface area contributed by atoms with E-state index in [0.717, 1.165) is 13.0 Å². The summed E-state index contributed by atoms with van der Waals surface area (Å²) in [6, 6.07) is 0.104. The summed E-state index contributed by atoms with van der Waals surface area (Å²) in [4.78, 5) is 0. The van der Waals surface area contributed by atoms with Gasteiger partial charge in [-0.05, 0) is 38.2 Å². The lowest BCUT2D eigenvalue weighted by Gasteiger charge is -2.61. The van der Waals surface area contributed by atoms with E-state index in [9.17, 15) is 0 Å². The maximum absolute atomic E-state index is 6.48. The molecule has 0 heterocycles. The average Bonchev–Trinajstić information content (AvgIpc) is 2.31. The molecule has 0 fully saturated rings. The maximum atomic E-state index is 6.48. The lowest BCUT2D eigenvalue weighted by atomic mass is 9.49. The van der Waals surface area contributed by atoms with Crippen LogP contribution in [0.3, 0.4) is 0 Å². The molecule has 0 aliphatic heterocycles. The molecule has 2 heteroatoms. The predicted molar refractivity (Wildman–Crippen MR) is 78.6 cm³/mol. The Hall–Kier alpha value is -0.340. The Morgan fingerprint density at radius 1 is 1.11 bits per heavy atom. The first-order valence-electron chi connectivity index (χ1n) is 7.17. The van der Waals surface area contributed by atoms with Crippen LogP contribution < -0.4 is 5.73 Å². The van der Waals surface area contributed by atoms with Gasteiger partial charge < -0.3 is 10.5 Å². The molecule has 2 atom stereocenters. The predicted octanol–water partition coefficient (Wildman–Crippen LogP) is 3.90. The molecular formula is C16H31NO. The minimum atomic E-state index is -0.189. The first kappa shape index (κ1) is 15.7. The van der Waals surface area contributed by atoms with Crippen molar-refractivity contribution in [3.05, 3.63) is 11.1 Å². The number of nitrogens with two attached hydrogens (primary N) is 1. The van der Waals surface area contributed by atoms with Gasteiger partial charge >= 0.3 is 0 Å². The second-order valence-corrected chi connectivity index (χ2v) is 6.75. The van der Waals surface area contributed by atoms with Gasteiger partial charge in [-0.25, -0.2) is 0 Å². The van der Waals surface area contributed by atoms with E-state index in [2.05, 4.69) is 55.4 Å². The summed E-state index contributed by atoms with van der Waals surface area (Å²) in [5.41, 5.74) is 8.95. The third kappa shape index (κ3) is 1.69. The summed E-state index contributed by atoms with van der Waals surface area (Å²) in [5.74, 6) is 0. The van der Waals surface area contributed by atoms with E-state index in [1.807, 2.05) is 0 Å². The summed E-state index contributed by atoms with van der Waals surface area (Å²) in [7, 11) is 0. The van der Waals surface area contributed by atoms with Crippen LogP contribution in [0.5, 0.6) is 0 Å². The zero-order valence-corrected chi connectivity index (χ0v) is 13.5.